The molecular formula is C15H22N4O2S. The Labute approximate surface area is 131 Å². The Morgan fingerprint density at radius 1 is 1.14 bits per heavy atom. The number of hydrogen-bond acceptors (Lipinski definition) is 3. The van der Waals surface area contributed by atoms with Crippen LogP contribution < -0.4 is 9.44 Å². The van der Waals surface area contributed by atoms with E-state index in [9.17, 15) is 8.42 Å². The predicted octanol–water partition coefficient (Wildman–Crippen LogP) is 1.66. The molecule has 0 atom stereocenters. The summed E-state index contributed by atoms with van der Waals surface area (Å²) in [5, 5.41) is 0. The Kier molecular flexibility index (Phi) is 5.70. The van der Waals surface area contributed by atoms with Crippen LogP contribution in [0.2, 0.25) is 0 Å². The molecule has 2 aromatic rings. The van der Waals surface area contributed by atoms with Crippen LogP contribution in [0, 0.1) is 5.92 Å². The van der Waals surface area contributed by atoms with Gasteiger partial charge in [0.05, 0.1) is 18.6 Å². The highest BCUT2D eigenvalue weighted by atomic mass is 32.2. The summed E-state index contributed by atoms with van der Waals surface area (Å²) in [6, 6.07) is 9.40. The second-order valence-corrected chi connectivity index (χ2v) is 7.15. The lowest BCUT2D eigenvalue weighted by Gasteiger charge is -2.12. The lowest BCUT2D eigenvalue weighted by Crippen LogP contribution is -2.36. The highest BCUT2D eigenvalue weighted by molar-refractivity contribution is 7.87. The molecule has 6 nitrogen and oxygen atoms in total. The third kappa shape index (κ3) is 5.25. The van der Waals surface area contributed by atoms with Gasteiger partial charge in [-0.15, -0.1) is 0 Å². The third-order valence-electron chi connectivity index (χ3n) is 3.11. The lowest BCUT2D eigenvalue weighted by molar-refractivity contribution is 0.505. The van der Waals surface area contributed by atoms with Crippen molar-refractivity contribution in [1.29, 1.82) is 0 Å². The van der Waals surface area contributed by atoms with Crippen LogP contribution in [-0.4, -0.2) is 18.0 Å². The first-order chi connectivity index (χ1) is 10.5. The summed E-state index contributed by atoms with van der Waals surface area (Å²) < 4.78 is 31.0. The molecule has 0 radical (unpaired) electrons. The molecule has 7 heteroatoms. The van der Waals surface area contributed by atoms with Gasteiger partial charge in [0.15, 0.2) is 0 Å². The van der Waals surface area contributed by atoms with Crippen molar-refractivity contribution in [2.45, 2.75) is 33.5 Å². The van der Waals surface area contributed by atoms with Gasteiger partial charge in [0.2, 0.25) is 0 Å². The zero-order chi connectivity index (χ0) is 16.0. The van der Waals surface area contributed by atoms with Gasteiger partial charge in [-0.3, -0.25) is 0 Å². The number of imidazole rings is 1. The minimum absolute atomic E-state index is 0.219. The summed E-state index contributed by atoms with van der Waals surface area (Å²) in [7, 11) is -3.54. The average Bonchev–Trinajstić information content (AvgIpc) is 2.91. The maximum Gasteiger partial charge on any atom is 0.277 e. The van der Waals surface area contributed by atoms with Gasteiger partial charge in [-0.1, -0.05) is 44.2 Å². The summed E-state index contributed by atoms with van der Waals surface area (Å²) in [6.45, 7) is 5.51. The average molecular weight is 322 g/mol. The van der Waals surface area contributed by atoms with Crippen molar-refractivity contribution < 1.29 is 8.42 Å². The topological polar surface area (TPSA) is 76.0 Å². The van der Waals surface area contributed by atoms with E-state index >= 15 is 0 Å². The Bertz CT molecular complexity index is 681. The first-order valence-electron chi connectivity index (χ1n) is 7.23. The highest BCUT2D eigenvalue weighted by Gasteiger charge is 2.11. The van der Waals surface area contributed by atoms with E-state index in [1.165, 1.54) is 0 Å². The lowest BCUT2D eigenvalue weighted by atomic mass is 10.2. The first kappa shape index (κ1) is 16.7. The molecule has 0 saturated carbocycles. The second-order valence-electron chi connectivity index (χ2n) is 5.56. The van der Waals surface area contributed by atoms with Gasteiger partial charge < -0.3 is 4.57 Å². The number of aromatic nitrogens is 2. The predicted molar refractivity (Wildman–Crippen MR) is 86.1 cm³/mol. The molecule has 0 aliphatic heterocycles. The maximum absolute atomic E-state index is 12.0. The summed E-state index contributed by atoms with van der Waals surface area (Å²) in [4.78, 5) is 4.08. The van der Waals surface area contributed by atoms with Gasteiger partial charge in [0.1, 0.15) is 0 Å². The van der Waals surface area contributed by atoms with Crippen LogP contribution in [0.5, 0.6) is 0 Å². The van der Waals surface area contributed by atoms with E-state index in [4.69, 9.17) is 0 Å². The quantitative estimate of drug-likeness (QED) is 0.776. The molecule has 1 aromatic carbocycles. The SMILES string of the molecule is CC(C)Cn1cncc1CNS(=O)(=O)NCc1ccccc1. The normalized spacial score (nSPS) is 12.0. The maximum atomic E-state index is 12.0. The van der Waals surface area contributed by atoms with Crippen molar-refractivity contribution in [2.24, 2.45) is 5.92 Å². The van der Waals surface area contributed by atoms with Crippen LogP contribution in [0.15, 0.2) is 42.9 Å². The van der Waals surface area contributed by atoms with Crippen molar-refractivity contribution in [2.75, 3.05) is 0 Å². The van der Waals surface area contributed by atoms with E-state index in [1.54, 1.807) is 12.5 Å². The van der Waals surface area contributed by atoms with Crippen molar-refractivity contribution in [1.82, 2.24) is 19.0 Å². The monoisotopic (exact) mass is 322 g/mol. The number of nitrogens with zero attached hydrogens (tertiary/aromatic N) is 2. The molecule has 0 spiro atoms. The van der Waals surface area contributed by atoms with Crippen LogP contribution in [0.4, 0.5) is 0 Å². The Morgan fingerprint density at radius 3 is 2.50 bits per heavy atom. The molecule has 0 fully saturated rings. The van der Waals surface area contributed by atoms with Crippen molar-refractivity contribution in [3.05, 3.63) is 54.1 Å². The number of hydrogen-bond donors (Lipinski definition) is 2. The molecule has 0 aliphatic rings. The standard InChI is InChI=1S/C15H22N4O2S/c1-13(2)11-19-12-16-9-15(19)10-18-22(20,21)17-8-14-6-4-3-5-7-14/h3-7,9,12-13,17-18H,8,10-11H2,1-2H3. The largest absolute Gasteiger partial charge is 0.333 e. The Morgan fingerprint density at radius 2 is 1.82 bits per heavy atom. The fourth-order valence-electron chi connectivity index (χ4n) is 2.05. The van der Waals surface area contributed by atoms with E-state index < -0.39 is 10.2 Å². The van der Waals surface area contributed by atoms with Crippen LogP contribution in [0.1, 0.15) is 25.1 Å². The third-order valence-corrected chi connectivity index (χ3v) is 4.16. The van der Waals surface area contributed by atoms with E-state index in [2.05, 4.69) is 28.3 Å². The van der Waals surface area contributed by atoms with E-state index in [1.807, 2.05) is 34.9 Å². The molecule has 0 aliphatic carbocycles. The Hall–Kier alpha value is -1.70. The van der Waals surface area contributed by atoms with E-state index in [0.717, 1.165) is 17.8 Å². The molecule has 0 unspecified atom stereocenters. The van der Waals surface area contributed by atoms with Gasteiger partial charge in [-0.2, -0.15) is 17.9 Å². The van der Waals surface area contributed by atoms with Crippen LogP contribution >= 0.6 is 0 Å². The van der Waals surface area contributed by atoms with E-state index in [0.29, 0.717) is 5.92 Å². The zero-order valence-corrected chi connectivity index (χ0v) is 13.7. The molecule has 0 amide bonds. The van der Waals surface area contributed by atoms with Crippen molar-refractivity contribution in [3.8, 4) is 0 Å². The summed E-state index contributed by atoms with van der Waals surface area (Å²) in [5.41, 5.74) is 1.76. The molecule has 2 N–H and O–H groups in total. The molecule has 0 bridgehead atoms. The highest BCUT2D eigenvalue weighted by Crippen LogP contribution is 2.05. The van der Waals surface area contributed by atoms with E-state index in [-0.39, 0.29) is 13.1 Å². The summed E-state index contributed by atoms with van der Waals surface area (Å²) >= 11 is 0. The van der Waals surface area contributed by atoms with Gasteiger partial charge in [-0.25, -0.2) is 4.98 Å². The summed E-state index contributed by atoms with van der Waals surface area (Å²) in [5.74, 6) is 0.473. The van der Waals surface area contributed by atoms with Gasteiger partial charge >= 0.3 is 0 Å². The first-order valence-corrected chi connectivity index (χ1v) is 8.72. The molecule has 1 aromatic heterocycles. The molecule has 120 valence electrons. The minimum atomic E-state index is -3.54. The van der Waals surface area contributed by atoms with Crippen LogP contribution in [-0.2, 0) is 29.8 Å². The number of nitrogens with one attached hydrogen (secondary N) is 2. The number of benzene rings is 1. The minimum Gasteiger partial charge on any atom is -0.333 e. The van der Waals surface area contributed by atoms with Crippen LogP contribution in [0.25, 0.3) is 0 Å². The molecule has 0 saturated heterocycles. The van der Waals surface area contributed by atoms with Gasteiger partial charge in [-0.05, 0) is 11.5 Å². The zero-order valence-electron chi connectivity index (χ0n) is 12.9. The van der Waals surface area contributed by atoms with Gasteiger partial charge in [0, 0.05) is 19.3 Å². The number of rotatable bonds is 8. The molecule has 2 rings (SSSR count). The van der Waals surface area contributed by atoms with Crippen LogP contribution in [0.3, 0.4) is 0 Å². The van der Waals surface area contributed by atoms with Gasteiger partial charge in [0.25, 0.3) is 10.2 Å². The van der Waals surface area contributed by atoms with Crippen molar-refractivity contribution in [3.63, 3.8) is 0 Å². The smallest absolute Gasteiger partial charge is 0.277 e. The molecule has 22 heavy (non-hydrogen) atoms. The second kappa shape index (κ2) is 7.53. The fourth-order valence-corrected chi connectivity index (χ4v) is 2.84. The fraction of sp³-hybridized carbons (Fsp3) is 0.400. The summed E-state index contributed by atoms with van der Waals surface area (Å²) in [6.07, 6.45) is 3.41. The Balaban J connectivity index is 1.89. The molecule has 1 heterocycles. The molecular weight excluding hydrogens is 300 g/mol. The van der Waals surface area contributed by atoms with Crippen molar-refractivity contribution >= 4 is 10.2 Å².